The van der Waals surface area contributed by atoms with Gasteiger partial charge in [0.2, 0.25) is 0 Å². The summed E-state index contributed by atoms with van der Waals surface area (Å²) in [5, 5.41) is 4.07. The Balaban J connectivity index is 2.40. The van der Waals surface area contributed by atoms with E-state index in [1.54, 1.807) is 6.20 Å². The van der Waals surface area contributed by atoms with Crippen molar-refractivity contribution >= 4 is 0 Å². The van der Waals surface area contributed by atoms with Crippen LogP contribution in [0.15, 0.2) is 18.5 Å². The van der Waals surface area contributed by atoms with Gasteiger partial charge < -0.3 is 5.73 Å². The Kier molecular flexibility index (Phi) is 2.45. The van der Waals surface area contributed by atoms with Gasteiger partial charge in [-0.3, -0.25) is 4.68 Å². The maximum Gasteiger partial charge on any atom is 0.0489 e. The van der Waals surface area contributed by atoms with Crippen LogP contribution in [0.1, 0.15) is 6.92 Å². The molecule has 1 rings (SSSR count). The van der Waals surface area contributed by atoms with Crippen molar-refractivity contribution in [3.63, 3.8) is 0 Å². The van der Waals surface area contributed by atoms with E-state index < -0.39 is 0 Å². The van der Waals surface area contributed by atoms with Gasteiger partial charge in [-0.15, -0.1) is 0 Å². The fourth-order valence-electron chi connectivity index (χ4n) is 0.802. The molecule has 56 valence electrons. The van der Waals surface area contributed by atoms with Crippen LogP contribution in [0.25, 0.3) is 0 Å². The van der Waals surface area contributed by atoms with Gasteiger partial charge in [0, 0.05) is 18.9 Å². The topological polar surface area (TPSA) is 43.8 Å². The van der Waals surface area contributed by atoms with Crippen molar-refractivity contribution in [2.75, 3.05) is 6.54 Å². The lowest BCUT2D eigenvalue weighted by Gasteiger charge is -2.06. The van der Waals surface area contributed by atoms with Gasteiger partial charge >= 0.3 is 0 Å². The molecule has 0 aromatic carbocycles. The standard InChI is InChI=1S/C7H13N3/c1-7(5-8)6-10-4-2-3-9-10/h2-4,7H,5-6,8H2,1H3. The molecule has 2 N–H and O–H groups in total. The summed E-state index contributed by atoms with van der Waals surface area (Å²) in [7, 11) is 0. The van der Waals surface area contributed by atoms with Gasteiger partial charge in [-0.05, 0) is 18.5 Å². The normalized spacial score (nSPS) is 13.4. The van der Waals surface area contributed by atoms with Gasteiger partial charge in [0.05, 0.1) is 0 Å². The molecule has 1 atom stereocenters. The highest BCUT2D eigenvalue weighted by Gasteiger charge is 1.98. The summed E-state index contributed by atoms with van der Waals surface area (Å²) in [5.41, 5.74) is 5.45. The zero-order valence-electron chi connectivity index (χ0n) is 6.20. The predicted octanol–water partition coefficient (Wildman–Crippen LogP) is 0.478. The van der Waals surface area contributed by atoms with Crippen molar-refractivity contribution in [3.8, 4) is 0 Å². The van der Waals surface area contributed by atoms with E-state index in [0.717, 1.165) is 13.1 Å². The molecule has 3 nitrogen and oxygen atoms in total. The van der Waals surface area contributed by atoms with E-state index in [0.29, 0.717) is 5.92 Å². The number of hydrogen-bond donors (Lipinski definition) is 1. The van der Waals surface area contributed by atoms with E-state index in [4.69, 9.17) is 5.73 Å². The fraction of sp³-hybridized carbons (Fsp3) is 0.571. The predicted molar refractivity (Wildman–Crippen MR) is 40.4 cm³/mol. The summed E-state index contributed by atoms with van der Waals surface area (Å²) >= 11 is 0. The monoisotopic (exact) mass is 139 g/mol. The van der Waals surface area contributed by atoms with Crippen molar-refractivity contribution in [3.05, 3.63) is 18.5 Å². The average Bonchev–Trinajstić information content (AvgIpc) is 2.40. The van der Waals surface area contributed by atoms with Crippen LogP contribution in [0.3, 0.4) is 0 Å². The van der Waals surface area contributed by atoms with Gasteiger partial charge in [-0.2, -0.15) is 5.10 Å². The highest BCUT2D eigenvalue weighted by atomic mass is 15.3. The second-order valence-corrected chi connectivity index (χ2v) is 2.57. The van der Waals surface area contributed by atoms with Crippen LogP contribution < -0.4 is 5.73 Å². The third kappa shape index (κ3) is 1.84. The highest BCUT2D eigenvalue weighted by molar-refractivity contribution is 4.78. The van der Waals surface area contributed by atoms with Crippen LogP contribution in [-0.2, 0) is 6.54 Å². The van der Waals surface area contributed by atoms with Gasteiger partial charge in [-0.1, -0.05) is 6.92 Å². The van der Waals surface area contributed by atoms with Crippen molar-refractivity contribution in [1.82, 2.24) is 9.78 Å². The van der Waals surface area contributed by atoms with Crippen molar-refractivity contribution in [2.24, 2.45) is 11.7 Å². The molecule has 0 radical (unpaired) electrons. The largest absolute Gasteiger partial charge is 0.330 e. The van der Waals surface area contributed by atoms with Crippen LogP contribution >= 0.6 is 0 Å². The van der Waals surface area contributed by atoms with Crippen molar-refractivity contribution < 1.29 is 0 Å². The minimum Gasteiger partial charge on any atom is -0.330 e. The number of nitrogens with zero attached hydrogens (tertiary/aromatic N) is 2. The minimum absolute atomic E-state index is 0.514. The molecule has 0 aliphatic heterocycles. The van der Waals surface area contributed by atoms with E-state index >= 15 is 0 Å². The quantitative estimate of drug-likeness (QED) is 0.661. The Labute approximate surface area is 60.8 Å². The Hall–Kier alpha value is -0.830. The molecule has 0 amide bonds. The molecule has 1 unspecified atom stereocenters. The molecule has 1 aromatic rings. The molecule has 0 aliphatic carbocycles. The maximum absolute atomic E-state index is 5.45. The molecule has 0 spiro atoms. The first-order valence-corrected chi connectivity index (χ1v) is 3.50. The zero-order valence-corrected chi connectivity index (χ0v) is 6.20. The molecule has 0 fully saturated rings. The molecular weight excluding hydrogens is 126 g/mol. The number of aromatic nitrogens is 2. The lowest BCUT2D eigenvalue weighted by Crippen LogP contribution is -2.17. The number of rotatable bonds is 3. The summed E-state index contributed by atoms with van der Waals surface area (Å²) in [4.78, 5) is 0. The summed E-state index contributed by atoms with van der Waals surface area (Å²) in [6.45, 7) is 3.76. The van der Waals surface area contributed by atoms with Crippen molar-refractivity contribution in [1.29, 1.82) is 0 Å². The summed E-state index contributed by atoms with van der Waals surface area (Å²) in [6.07, 6.45) is 3.73. The molecule has 0 aliphatic rings. The Morgan fingerprint density at radius 2 is 2.50 bits per heavy atom. The highest BCUT2D eigenvalue weighted by Crippen LogP contribution is 1.95. The van der Waals surface area contributed by atoms with Crippen LogP contribution in [-0.4, -0.2) is 16.3 Å². The molecule has 0 bridgehead atoms. The lowest BCUT2D eigenvalue weighted by atomic mass is 10.2. The van der Waals surface area contributed by atoms with Gasteiger partial charge in [0.1, 0.15) is 0 Å². The SMILES string of the molecule is CC(CN)Cn1cccn1. The summed E-state index contributed by atoms with van der Waals surface area (Å²) < 4.78 is 1.90. The second kappa shape index (κ2) is 3.37. The lowest BCUT2D eigenvalue weighted by molar-refractivity contribution is 0.458. The third-order valence-corrected chi connectivity index (χ3v) is 1.46. The first-order chi connectivity index (χ1) is 4.83. The molecule has 0 saturated heterocycles. The smallest absolute Gasteiger partial charge is 0.0489 e. The first-order valence-electron chi connectivity index (χ1n) is 3.50. The van der Waals surface area contributed by atoms with Gasteiger partial charge in [0.25, 0.3) is 0 Å². The Morgan fingerprint density at radius 3 is 3.00 bits per heavy atom. The van der Waals surface area contributed by atoms with Crippen LogP contribution in [0.4, 0.5) is 0 Å². The first kappa shape index (κ1) is 7.28. The fourth-order valence-corrected chi connectivity index (χ4v) is 0.802. The van der Waals surface area contributed by atoms with E-state index in [2.05, 4.69) is 12.0 Å². The number of nitrogens with two attached hydrogens (primary N) is 1. The maximum atomic E-state index is 5.45. The third-order valence-electron chi connectivity index (χ3n) is 1.46. The zero-order chi connectivity index (χ0) is 7.40. The minimum atomic E-state index is 0.514. The average molecular weight is 139 g/mol. The van der Waals surface area contributed by atoms with Crippen LogP contribution in [0, 0.1) is 5.92 Å². The molecular formula is C7H13N3. The molecule has 1 aromatic heterocycles. The van der Waals surface area contributed by atoms with E-state index in [9.17, 15) is 0 Å². The summed E-state index contributed by atoms with van der Waals surface area (Å²) in [5.74, 6) is 0.514. The molecule has 10 heavy (non-hydrogen) atoms. The van der Waals surface area contributed by atoms with Crippen LogP contribution in [0.5, 0.6) is 0 Å². The van der Waals surface area contributed by atoms with Gasteiger partial charge in [-0.25, -0.2) is 0 Å². The molecule has 1 heterocycles. The van der Waals surface area contributed by atoms with E-state index in [1.807, 2.05) is 16.9 Å². The Morgan fingerprint density at radius 1 is 1.70 bits per heavy atom. The van der Waals surface area contributed by atoms with Crippen LogP contribution in [0.2, 0.25) is 0 Å². The molecule has 0 saturated carbocycles. The van der Waals surface area contributed by atoms with Crippen molar-refractivity contribution in [2.45, 2.75) is 13.5 Å². The second-order valence-electron chi connectivity index (χ2n) is 2.57. The van der Waals surface area contributed by atoms with E-state index in [-0.39, 0.29) is 0 Å². The summed E-state index contributed by atoms with van der Waals surface area (Å²) in [6, 6.07) is 1.92. The van der Waals surface area contributed by atoms with Gasteiger partial charge in [0.15, 0.2) is 0 Å². The number of hydrogen-bond acceptors (Lipinski definition) is 2. The Bertz CT molecular complexity index is 169. The van der Waals surface area contributed by atoms with E-state index in [1.165, 1.54) is 0 Å². The molecule has 3 heteroatoms.